The Morgan fingerprint density at radius 2 is 1.55 bits per heavy atom. The fourth-order valence-electron chi connectivity index (χ4n) is 2.56. The quantitative estimate of drug-likeness (QED) is 0.665. The molecule has 0 saturated heterocycles. The Bertz CT molecular complexity index is 695. The monoisotopic (exact) mass is 319 g/mol. The summed E-state index contributed by atoms with van der Waals surface area (Å²) >= 11 is 0. The molecule has 0 aromatic heterocycles. The summed E-state index contributed by atoms with van der Waals surface area (Å²) in [5.74, 6) is 0.200. The molecule has 0 atom stereocenters. The molecule has 0 bridgehead atoms. The van der Waals surface area contributed by atoms with Gasteiger partial charge >= 0.3 is 0 Å². The van der Waals surface area contributed by atoms with Gasteiger partial charge in [0.05, 0.1) is 5.75 Å². The molecule has 2 rings (SSSR count). The highest BCUT2D eigenvalue weighted by Crippen LogP contribution is 2.20. The third-order valence-corrected chi connectivity index (χ3v) is 5.16. The van der Waals surface area contributed by atoms with Crippen LogP contribution in [0.1, 0.15) is 45.4 Å². The van der Waals surface area contributed by atoms with E-state index in [2.05, 4.69) is 11.6 Å². The van der Waals surface area contributed by atoms with Crippen LogP contribution in [-0.2, 0) is 10.0 Å². The molecule has 0 fully saturated rings. The summed E-state index contributed by atoms with van der Waals surface area (Å²) in [4.78, 5) is 0. The summed E-state index contributed by atoms with van der Waals surface area (Å²) in [6.45, 7) is 2.18. The highest BCUT2D eigenvalue weighted by atomic mass is 32.2. The summed E-state index contributed by atoms with van der Waals surface area (Å²) in [6.07, 6.45) is 6.49. The van der Waals surface area contributed by atoms with Crippen molar-refractivity contribution in [3.8, 4) is 0 Å². The minimum Gasteiger partial charge on any atom is -0.284 e. The van der Waals surface area contributed by atoms with Gasteiger partial charge < -0.3 is 0 Å². The lowest BCUT2D eigenvalue weighted by atomic mass is 10.1. The van der Waals surface area contributed by atoms with Gasteiger partial charge in [0, 0.05) is 5.69 Å². The van der Waals surface area contributed by atoms with Crippen molar-refractivity contribution < 1.29 is 8.42 Å². The molecule has 0 aliphatic heterocycles. The molecule has 1 N–H and O–H groups in total. The number of rotatable bonds is 9. The number of unbranched alkanes of at least 4 members (excludes halogenated alkanes) is 5. The van der Waals surface area contributed by atoms with Gasteiger partial charge in [-0.15, -0.1) is 0 Å². The Morgan fingerprint density at radius 3 is 2.32 bits per heavy atom. The van der Waals surface area contributed by atoms with Crippen LogP contribution in [0.4, 0.5) is 5.69 Å². The third kappa shape index (κ3) is 5.34. The molecule has 2 aromatic carbocycles. The minimum atomic E-state index is -3.25. The van der Waals surface area contributed by atoms with Gasteiger partial charge in [-0.25, -0.2) is 8.42 Å². The number of hydrogen-bond donors (Lipinski definition) is 1. The molecule has 3 nitrogen and oxygen atoms in total. The van der Waals surface area contributed by atoms with Crippen LogP contribution in [0.25, 0.3) is 10.8 Å². The van der Waals surface area contributed by atoms with Crippen LogP contribution in [0.3, 0.4) is 0 Å². The molecule has 0 amide bonds. The van der Waals surface area contributed by atoms with E-state index in [4.69, 9.17) is 0 Å². The van der Waals surface area contributed by atoms with Crippen LogP contribution in [0.2, 0.25) is 0 Å². The van der Waals surface area contributed by atoms with Crippen LogP contribution >= 0.6 is 0 Å². The SMILES string of the molecule is CCCCCCCCS(=O)(=O)Nc1ccc2ccccc2c1. The maximum Gasteiger partial charge on any atom is 0.232 e. The van der Waals surface area contributed by atoms with Crippen LogP contribution < -0.4 is 4.72 Å². The second-order valence-electron chi connectivity index (χ2n) is 5.75. The molecule has 0 saturated carbocycles. The van der Waals surface area contributed by atoms with Crippen molar-refractivity contribution >= 4 is 26.5 Å². The molecule has 120 valence electrons. The molecule has 0 aliphatic rings. The zero-order chi connectivity index (χ0) is 15.8. The first kappa shape index (κ1) is 16.8. The summed E-state index contributed by atoms with van der Waals surface area (Å²) < 4.78 is 26.9. The second-order valence-corrected chi connectivity index (χ2v) is 7.59. The van der Waals surface area contributed by atoms with Crippen molar-refractivity contribution in [3.63, 3.8) is 0 Å². The minimum absolute atomic E-state index is 0.200. The molecule has 2 aromatic rings. The molecule has 0 heterocycles. The van der Waals surface area contributed by atoms with Gasteiger partial charge in [0.25, 0.3) is 0 Å². The summed E-state index contributed by atoms with van der Waals surface area (Å²) in [7, 11) is -3.25. The Kier molecular flexibility index (Phi) is 6.25. The molecule has 0 aliphatic carbocycles. The van der Waals surface area contributed by atoms with Crippen LogP contribution in [0.5, 0.6) is 0 Å². The molecule has 0 radical (unpaired) electrons. The highest BCUT2D eigenvalue weighted by molar-refractivity contribution is 7.92. The maximum atomic E-state index is 12.1. The molecular weight excluding hydrogens is 294 g/mol. The molecule has 22 heavy (non-hydrogen) atoms. The maximum absolute atomic E-state index is 12.1. The van der Waals surface area contributed by atoms with Crippen LogP contribution in [0.15, 0.2) is 42.5 Å². The number of anilines is 1. The van der Waals surface area contributed by atoms with E-state index in [9.17, 15) is 8.42 Å². The third-order valence-electron chi connectivity index (χ3n) is 3.79. The largest absolute Gasteiger partial charge is 0.284 e. The summed E-state index contributed by atoms with van der Waals surface area (Å²) in [5, 5.41) is 2.16. The fourth-order valence-corrected chi connectivity index (χ4v) is 3.73. The average Bonchev–Trinajstić information content (AvgIpc) is 2.50. The van der Waals surface area contributed by atoms with Gasteiger partial charge in [-0.2, -0.15) is 0 Å². The average molecular weight is 319 g/mol. The first-order chi connectivity index (χ1) is 10.6. The fraction of sp³-hybridized carbons (Fsp3) is 0.444. The lowest BCUT2D eigenvalue weighted by molar-refractivity contribution is 0.588. The zero-order valence-corrected chi connectivity index (χ0v) is 14.0. The van der Waals surface area contributed by atoms with E-state index in [0.29, 0.717) is 5.69 Å². The van der Waals surface area contributed by atoms with E-state index in [1.54, 1.807) is 0 Å². The van der Waals surface area contributed by atoms with Gasteiger partial charge in [0.1, 0.15) is 0 Å². The van der Waals surface area contributed by atoms with E-state index in [0.717, 1.165) is 30.0 Å². The lowest BCUT2D eigenvalue weighted by Crippen LogP contribution is -2.16. The lowest BCUT2D eigenvalue weighted by Gasteiger charge is -2.09. The van der Waals surface area contributed by atoms with Gasteiger partial charge in [0.15, 0.2) is 0 Å². The zero-order valence-electron chi connectivity index (χ0n) is 13.2. The second kappa shape index (κ2) is 8.18. The standard InChI is InChI=1S/C18H25NO2S/c1-2-3-4-5-6-9-14-22(20,21)19-18-13-12-16-10-7-8-11-17(16)15-18/h7-8,10-13,15,19H,2-6,9,14H2,1H3. The Balaban J connectivity index is 1.87. The Hall–Kier alpha value is -1.55. The van der Waals surface area contributed by atoms with Crippen molar-refractivity contribution in [2.45, 2.75) is 45.4 Å². The van der Waals surface area contributed by atoms with Gasteiger partial charge in [-0.3, -0.25) is 4.72 Å². The predicted octanol–water partition coefficient (Wildman–Crippen LogP) is 4.94. The van der Waals surface area contributed by atoms with E-state index in [1.165, 1.54) is 19.3 Å². The number of benzene rings is 2. The number of fused-ring (bicyclic) bond motifs is 1. The van der Waals surface area contributed by atoms with E-state index in [1.807, 2.05) is 42.5 Å². The number of sulfonamides is 1. The van der Waals surface area contributed by atoms with Gasteiger partial charge in [0.2, 0.25) is 10.0 Å². The number of nitrogens with one attached hydrogen (secondary N) is 1. The predicted molar refractivity (Wildman–Crippen MR) is 94.7 cm³/mol. The van der Waals surface area contributed by atoms with Gasteiger partial charge in [-0.05, 0) is 29.3 Å². The van der Waals surface area contributed by atoms with Crippen LogP contribution in [-0.4, -0.2) is 14.2 Å². The first-order valence-corrected chi connectivity index (χ1v) is 9.75. The van der Waals surface area contributed by atoms with Crippen molar-refractivity contribution in [2.75, 3.05) is 10.5 Å². The normalized spacial score (nSPS) is 11.7. The van der Waals surface area contributed by atoms with E-state index < -0.39 is 10.0 Å². The first-order valence-electron chi connectivity index (χ1n) is 8.10. The molecule has 0 spiro atoms. The Morgan fingerprint density at radius 1 is 0.864 bits per heavy atom. The van der Waals surface area contributed by atoms with Crippen molar-refractivity contribution in [1.82, 2.24) is 0 Å². The number of hydrogen-bond acceptors (Lipinski definition) is 2. The van der Waals surface area contributed by atoms with E-state index >= 15 is 0 Å². The van der Waals surface area contributed by atoms with E-state index in [-0.39, 0.29) is 5.75 Å². The van der Waals surface area contributed by atoms with Gasteiger partial charge in [-0.1, -0.05) is 69.4 Å². The van der Waals surface area contributed by atoms with Crippen molar-refractivity contribution in [1.29, 1.82) is 0 Å². The molecule has 4 heteroatoms. The van der Waals surface area contributed by atoms with Crippen LogP contribution in [0, 0.1) is 0 Å². The topological polar surface area (TPSA) is 46.2 Å². The highest BCUT2D eigenvalue weighted by Gasteiger charge is 2.10. The molecule has 0 unspecified atom stereocenters. The summed E-state index contributed by atoms with van der Waals surface area (Å²) in [6, 6.07) is 13.6. The van der Waals surface area contributed by atoms with Crippen molar-refractivity contribution in [2.24, 2.45) is 0 Å². The van der Waals surface area contributed by atoms with Crippen molar-refractivity contribution in [3.05, 3.63) is 42.5 Å². The Labute approximate surface area is 133 Å². The molecular formula is C18H25NO2S. The smallest absolute Gasteiger partial charge is 0.232 e. The summed E-state index contributed by atoms with van der Waals surface area (Å²) in [5.41, 5.74) is 0.643.